The quantitative estimate of drug-likeness (QED) is 0.0207. The highest BCUT2D eigenvalue weighted by Gasteiger charge is 2.45. The van der Waals surface area contributed by atoms with Crippen LogP contribution in [-0.4, -0.2) is 214 Å². The van der Waals surface area contributed by atoms with Gasteiger partial charge in [0, 0.05) is 82.4 Å². The molecule has 0 saturated carbocycles. The molecule has 3 saturated heterocycles. The summed E-state index contributed by atoms with van der Waals surface area (Å²) in [6.07, 6.45) is 1.34. The van der Waals surface area contributed by atoms with E-state index in [4.69, 9.17) is 33.5 Å². The van der Waals surface area contributed by atoms with Gasteiger partial charge in [0.2, 0.25) is 65.0 Å². The fourth-order valence-electron chi connectivity index (χ4n) is 12.0. The number of likely N-dealkylation sites (tertiary alicyclic amines) is 1. The molecule has 99 heavy (non-hydrogen) atoms. The zero-order valence-electron chi connectivity index (χ0n) is 56.0. The molecule has 6 rings (SSSR count). The molecule has 11 atom stereocenters. The number of nitrogens with one attached hydrogen (secondary N) is 10. The highest BCUT2D eigenvalue weighted by Crippen LogP contribution is 2.25. The van der Waals surface area contributed by atoms with Crippen molar-refractivity contribution in [1.29, 1.82) is 0 Å². The molecule has 0 spiro atoms. The van der Waals surface area contributed by atoms with Crippen molar-refractivity contribution in [3.63, 3.8) is 0 Å². The van der Waals surface area contributed by atoms with Crippen molar-refractivity contribution in [2.24, 2.45) is 38.7 Å². The standard InChI is InChI=1S/C65H97N19O15/c1-3-4-19-44(78-60(95)51-24-15-30-83(51)62(97)46(22-10-12-27-71-64(67)68)79-59(94)50(36-85)75-37(2)86)55(90)80-47-25-26-53(88)99-74-29-13-11-21-43(54(66)89)76-58(93)49(32-39-34-73-42-20-9-8-18-41(39)42)81-56(91)45(23-14-28-72-65(69)70)77-57(92)48(31-38-16-6-5-7-17-38)82-61(96)52-33-40(87)35-84(52)63(47)98/h5-9,16-18,20,34,40,43-52,73-74,85,87H,3-4,10-15,19,21-33,35-36H2,1-2H3,(H2,66,89)(H,75,86)(H,76,93)(H,77,92)(H,78,95)(H,79,94)(H,80,90)(H,81,91)(H,82,96)(H4,67,68,71)(H4,69,70,72)/t40?,43-,44-,45-,46-,47-,48+,49-,50-,51-,52-/m0/s1. The van der Waals surface area contributed by atoms with Gasteiger partial charge in [-0.15, -0.1) is 0 Å². The Morgan fingerprint density at radius 2 is 1.35 bits per heavy atom. The second-order valence-corrected chi connectivity index (χ2v) is 24.9. The number of rotatable bonds is 26. The number of hydrogen-bond donors (Lipinski definition) is 17. The number of aromatic amines is 1. The highest BCUT2D eigenvalue weighted by atomic mass is 16.7. The molecule has 0 aliphatic carbocycles. The minimum atomic E-state index is -1.65. The normalized spacial score (nSPS) is 22.6. The Morgan fingerprint density at radius 3 is 2.05 bits per heavy atom. The zero-order chi connectivity index (χ0) is 72.1. The predicted molar refractivity (Wildman–Crippen MR) is 362 cm³/mol. The number of carbonyl (C=O) groups excluding carboxylic acids is 12. The lowest BCUT2D eigenvalue weighted by Gasteiger charge is -2.32. The third-order valence-corrected chi connectivity index (χ3v) is 17.2. The summed E-state index contributed by atoms with van der Waals surface area (Å²) in [7, 11) is 0. The van der Waals surface area contributed by atoms with Crippen molar-refractivity contribution < 1.29 is 72.6 Å². The summed E-state index contributed by atoms with van der Waals surface area (Å²) in [5, 5.41) is 43.3. The maximum atomic E-state index is 15.2. The Hall–Kier alpha value is -9.96. The number of aliphatic hydroxyl groups excluding tert-OH is 2. The fraction of sp³-hybridized carbons (Fsp3) is 0.569. The Morgan fingerprint density at radius 1 is 0.697 bits per heavy atom. The number of primary amides is 1. The summed E-state index contributed by atoms with van der Waals surface area (Å²) in [5.74, 6) is -10.3. The van der Waals surface area contributed by atoms with E-state index in [-0.39, 0.29) is 109 Å². The number of para-hydroxylation sites is 1. The molecular weight excluding hydrogens is 1290 g/mol. The van der Waals surface area contributed by atoms with Gasteiger partial charge in [-0.1, -0.05) is 68.3 Å². The molecule has 1 unspecified atom stereocenters. The van der Waals surface area contributed by atoms with Crippen LogP contribution in [0.5, 0.6) is 0 Å². The van der Waals surface area contributed by atoms with Crippen molar-refractivity contribution >= 4 is 93.8 Å². The van der Waals surface area contributed by atoms with Gasteiger partial charge in [0.25, 0.3) is 0 Å². The summed E-state index contributed by atoms with van der Waals surface area (Å²) >= 11 is 0. The number of nitrogens with two attached hydrogens (primary N) is 5. The average molecular weight is 1380 g/mol. The SMILES string of the molecule is CCCC[C@H](NC(=O)[C@@H]1CCCN1C(=O)[C@H](CCCCN=C(N)N)NC(=O)[C@H](CO)NC(C)=O)C(=O)N[C@H]1CCC(=O)ONCCCC[C@@H](C(N)=O)NC(=O)[C@H](Cc2c[nH]c3ccccc23)NC(=O)[C@H](CCCN=C(N)N)NC(=O)[C@@H](Cc2ccccc2)NC(=O)[C@@H]2CC(O)CN2C1=O. The number of aliphatic hydroxyl groups is 2. The first-order valence-corrected chi connectivity index (χ1v) is 33.6. The summed E-state index contributed by atoms with van der Waals surface area (Å²) in [6.45, 7) is 2.04. The van der Waals surface area contributed by atoms with E-state index in [9.17, 15) is 63.0 Å². The van der Waals surface area contributed by atoms with Crippen LogP contribution >= 0.6 is 0 Å². The van der Waals surface area contributed by atoms with Crippen LogP contribution in [0.4, 0.5) is 0 Å². The molecule has 2 aromatic carbocycles. The minimum absolute atomic E-state index is 0.00717. The van der Waals surface area contributed by atoms with E-state index in [2.05, 4.69) is 63.0 Å². The van der Waals surface area contributed by atoms with Crippen LogP contribution in [0.2, 0.25) is 0 Å². The second kappa shape index (κ2) is 39.4. The lowest BCUT2D eigenvalue weighted by Crippen LogP contribution is -2.60. The van der Waals surface area contributed by atoms with Crippen LogP contribution in [0.1, 0.15) is 128 Å². The molecule has 542 valence electrons. The molecule has 3 aliphatic heterocycles. The molecule has 11 amide bonds. The Bertz CT molecular complexity index is 3340. The number of hydrogen-bond acceptors (Lipinski definition) is 18. The van der Waals surface area contributed by atoms with Gasteiger partial charge in [-0.25, -0.2) is 0 Å². The first kappa shape index (κ1) is 78.0. The predicted octanol–water partition coefficient (Wildman–Crippen LogP) is -4.02. The summed E-state index contributed by atoms with van der Waals surface area (Å²) in [5.41, 5.74) is 32.5. The van der Waals surface area contributed by atoms with E-state index in [0.717, 1.165) is 22.7 Å². The number of H-pyrrole nitrogens is 1. The maximum absolute atomic E-state index is 15.2. The number of hydroxylamine groups is 1. The van der Waals surface area contributed by atoms with E-state index < -0.39 is 163 Å². The van der Waals surface area contributed by atoms with Crippen LogP contribution in [0.3, 0.4) is 0 Å². The van der Waals surface area contributed by atoms with Gasteiger partial charge in [-0.2, -0.15) is 5.48 Å². The van der Waals surface area contributed by atoms with Gasteiger partial charge < -0.3 is 101 Å². The molecular formula is C65H97N19O15. The van der Waals surface area contributed by atoms with E-state index >= 15 is 4.79 Å². The number of aromatic nitrogens is 1. The molecule has 22 N–H and O–H groups in total. The molecule has 1 aromatic heterocycles. The van der Waals surface area contributed by atoms with Crippen LogP contribution in [0, 0.1) is 0 Å². The van der Waals surface area contributed by atoms with Gasteiger partial charge in [-0.05, 0) is 94.2 Å². The molecule has 3 aliphatic rings. The van der Waals surface area contributed by atoms with Gasteiger partial charge in [0.05, 0.1) is 12.7 Å². The first-order chi connectivity index (χ1) is 47.4. The van der Waals surface area contributed by atoms with E-state index in [1.807, 2.05) is 25.1 Å². The topological polar surface area (TPSA) is 540 Å². The van der Waals surface area contributed by atoms with Crippen LogP contribution < -0.4 is 76.7 Å². The van der Waals surface area contributed by atoms with Crippen LogP contribution in [0.15, 0.2) is 70.8 Å². The molecule has 0 bridgehead atoms. The van der Waals surface area contributed by atoms with Crippen molar-refractivity contribution in [1.82, 2.24) is 62.8 Å². The molecule has 3 aromatic rings. The average Bonchev–Trinajstić information content (AvgIpc) is 1.73. The van der Waals surface area contributed by atoms with Crippen LogP contribution in [0.25, 0.3) is 10.9 Å². The number of guanidine groups is 2. The first-order valence-electron chi connectivity index (χ1n) is 33.6. The Labute approximate surface area is 573 Å². The Balaban J connectivity index is 1.30. The minimum Gasteiger partial charge on any atom is -0.394 e. The van der Waals surface area contributed by atoms with Gasteiger partial charge >= 0.3 is 5.97 Å². The summed E-state index contributed by atoms with van der Waals surface area (Å²) in [6, 6.07) is 1.85. The van der Waals surface area contributed by atoms with E-state index in [0.29, 0.717) is 43.2 Å². The molecule has 34 nitrogen and oxygen atoms in total. The lowest BCUT2D eigenvalue weighted by molar-refractivity contribution is -0.152. The van der Waals surface area contributed by atoms with Crippen molar-refractivity contribution in [2.45, 2.75) is 196 Å². The van der Waals surface area contributed by atoms with Gasteiger partial charge in [-0.3, -0.25) is 67.5 Å². The molecule has 3 fully saturated rings. The summed E-state index contributed by atoms with van der Waals surface area (Å²) < 4.78 is 0. The van der Waals surface area contributed by atoms with Crippen molar-refractivity contribution in [3.8, 4) is 0 Å². The van der Waals surface area contributed by atoms with Crippen LogP contribution in [-0.2, 0) is 75.2 Å². The van der Waals surface area contributed by atoms with Crippen molar-refractivity contribution in [2.75, 3.05) is 39.3 Å². The number of benzene rings is 2. The number of nitrogens with zero attached hydrogens (tertiary/aromatic N) is 4. The molecule has 34 heteroatoms. The third kappa shape index (κ3) is 24.5. The number of amides is 11. The van der Waals surface area contributed by atoms with E-state index in [1.165, 1.54) is 4.90 Å². The highest BCUT2D eigenvalue weighted by molar-refractivity contribution is 6.00. The lowest BCUT2D eigenvalue weighted by atomic mass is 10.0. The number of aliphatic imine (C=N–C) groups is 2. The molecule has 4 heterocycles. The molecule has 0 radical (unpaired) electrons. The number of unbranched alkanes of at least 4 members (excludes halogenated alkanes) is 2. The summed E-state index contributed by atoms with van der Waals surface area (Å²) in [4.78, 5) is 188. The number of carbonyl (C=O) groups is 12. The second-order valence-electron chi connectivity index (χ2n) is 24.9. The van der Waals surface area contributed by atoms with Gasteiger partial charge in [0.15, 0.2) is 11.9 Å². The third-order valence-electron chi connectivity index (χ3n) is 17.2. The number of fused-ring (bicyclic) bond motifs is 2. The zero-order valence-corrected chi connectivity index (χ0v) is 56.0. The monoisotopic (exact) mass is 1380 g/mol. The van der Waals surface area contributed by atoms with Crippen molar-refractivity contribution in [3.05, 3.63) is 71.9 Å². The fourth-order valence-corrected chi connectivity index (χ4v) is 12.0. The smallest absolute Gasteiger partial charge is 0.324 e. The van der Waals surface area contributed by atoms with Gasteiger partial charge in [0.1, 0.15) is 60.4 Å². The Kier molecular flexibility index (Phi) is 31.1. The largest absolute Gasteiger partial charge is 0.394 e. The maximum Gasteiger partial charge on any atom is 0.324 e. The van der Waals surface area contributed by atoms with E-state index in [1.54, 1.807) is 42.6 Å².